The van der Waals surface area contributed by atoms with Crippen LogP contribution in [-0.4, -0.2) is 37.9 Å². The molecule has 1 atom stereocenters. The maximum atomic E-state index is 12.2. The molecule has 0 aliphatic carbocycles. The van der Waals surface area contributed by atoms with Crippen LogP contribution in [0.5, 0.6) is 0 Å². The molecule has 0 fully saturated rings. The highest BCUT2D eigenvalue weighted by atomic mass is 32.1. The smallest absolute Gasteiger partial charge is 0.347 e. The van der Waals surface area contributed by atoms with Gasteiger partial charge in [-0.25, -0.2) is 4.79 Å². The molecule has 0 radical (unpaired) electrons. The molecule has 0 bridgehead atoms. The van der Waals surface area contributed by atoms with Gasteiger partial charge in [-0.1, -0.05) is 13.5 Å². The lowest BCUT2D eigenvalue weighted by molar-refractivity contribution is -0.208. The zero-order valence-corrected chi connectivity index (χ0v) is 12.7. The van der Waals surface area contributed by atoms with Gasteiger partial charge in [-0.15, -0.1) is 4.33 Å². The third-order valence-electron chi connectivity index (χ3n) is 2.37. The maximum Gasteiger partial charge on any atom is 0.347 e. The molecule has 116 valence electrons. The van der Waals surface area contributed by atoms with Crippen molar-refractivity contribution in [1.82, 2.24) is 0 Å². The monoisotopic (exact) mass is 308 g/mol. The van der Waals surface area contributed by atoms with E-state index in [-0.39, 0.29) is 19.0 Å². The molecule has 0 aromatic heterocycles. The summed E-state index contributed by atoms with van der Waals surface area (Å²) >= 11 is 3.41. The molecule has 7 nitrogen and oxygen atoms in total. The van der Waals surface area contributed by atoms with Crippen molar-refractivity contribution in [2.24, 2.45) is 0 Å². The molecule has 0 rings (SSSR count). The second-order valence-electron chi connectivity index (χ2n) is 3.73. The van der Waals surface area contributed by atoms with Gasteiger partial charge >= 0.3 is 11.9 Å². The van der Waals surface area contributed by atoms with Gasteiger partial charge in [-0.05, 0) is 13.3 Å². The summed E-state index contributed by atoms with van der Waals surface area (Å²) in [4.78, 5) is 28.4. The number of hydrogen-bond acceptors (Lipinski definition) is 8. The van der Waals surface area contributed by atoms with Crippen LogP contribution in [0.4, 0.5) is 0 Å². The van der Waals surface area contributed by atoms with Gasteiger partial charge in [0.2, 0.25) is 5.60 Å². The first-order chi connectivity index (χ1) is 9.48. The molecule has 0 heterocycles. The number of carbonyl (C=O) groups excluding carboxylic acids is 2. The lowest BCUT2D eigenvalue weighted by atomic mass is 9.97. The first kappa shape index (κ1) is 18.8. The minimum Gasteiger partial charge on any atom is -0.469 e. The van der Waals surface area contributed by atoms with Gasteiger partial charge in [0.05, 0.1) is 20.1 Å². The van der Waals surface area contributed by atoms with E-state index in [1.165, 1.54) is 7.11 Å². The van der Waals surface area contributed by atoms with Crippen molar-refractivity contribution in [3.8, 4) is 0 Å². The normalized spacial score (nSPS) is 13.2. The summed E-state index contributed by atoms with van der Waals surface area (Å²) in [5.41, 5.74) is -1.83. The Morgan fingerprint density at radius 1 is 1.30 bits per heavy atom. The van der Waals surface area contributed by atoms with E-state index < -0.39 is 24.0 Å². The van der Waals surface area contributed by atoms with Crippen LogP contribution in [0.25, 0.3) is 0 Å². The first-order valence-corrected chi connectivity index (χ1v) is 6.40. The van der Waals surface area contributed by atoms with Gasteiger partial charge in [0.25, 0.3) is 0 Å². The molecular formula is C12H20O7S. The zero-order chi connectivity index (χ0) is 15.6. The standard InChI is InChI=1S/C12H20O7S/c1-5-7-17-12(8-10(13)15-4,9(3)18-19-20)11(14)16-6-2/h20H,3,5-8H2,1-2,4H3. The molecule has 0 aliphatic rings. The number of methoxy groups -OCH3 is 1. The highest BCUT2D eigenvalue weighted by molar-refractivity contribution is 7.74. The quantitative estimate of drug-likeness (QED) is 0.164. The first-order valence-electron chi connectivity index (χ1n) is 6.03. The molecular weight excluding hydrogens is 288 g/mol. The largest absolute Gasteiger partial charge is 0.469 e. The van der Waals surface area contributed by atoms with Crippen molar-refractivity contribution >= 4 is 24.8 Å². The molecule has 0 saturated heterocycles. The van der Waals surface area contributed by atoms with Crippen LogP contribution in [-0.2, 0) is 33.0 Å². The summed E-state index contributed by atoms with van der Waals surface area (Å²) in [5, 5.41) is 0. The topological polar surface area (TPSA) is 80.3 Å². The Hall–Kier alpha value is -1.25. The number of thiol groups is 1. The third kappa shape index (κ3) is 5.03. The molecule has 0 aromatic carbocycles. The summed E-state index contributed by atoms with van der Waals surface area (Å²) in [6, 6.07) is 0. The van der Waals surface area contributed by atoms with Gasteiger partial charge in [-0.2, -0.15) is 0 Å². The van der Waals surface area contributed by atoms with Crippen LogP contribution >= 0.6 is 12.9 Å². The van der Waals surface area contributed by atoms with Crippen LogP contribution < -0.4 is 0 Å². The Kier molecular flexibility index (Phi) is 9.02. The molecule has 8 heteroatoms. The van der Waals surface area contributed by atoms with Gasteiger partial charge in [0.1, 0.15) is 0 Å². The Bertz CT molecular complexity index is 325. The predicted molar refractivity (Wildman–Crippen MR) is 72.5 cm³/mol. The highest BCUT2D eigenvalue weighted by Crippen LogP contribution is 2.29. The van der Waals surface area contributed by atoms with E-state index in [1.54, 1.807) is 6.92 Å². The Morgan fingerprint density at radius 3 is 2.40 bits per heavy atom. The molecule has 0 saturated carbocycles. The summed E-state index contributed by atoms with van der Waals surface area (Å²) < 4.78 is 19.1. The van der Waals surface area contributed by atoms with Crippen molar-refractivity contribution in [3.05, 3.63) is 12.3 Å². The summed E-state index contributed by atoms with van der Waals surface area (Å²) in [6.07, 6.45) is 0.162. The average molecular weight is 308 g/mol. The zero-order valence-electron chi connectivity index (χ0n) is 11.8. The summed E-state index contributed by atoms with van der Waals surface area (Å²) in [7, 11) is 1.19. The lowest BCUT2D eigenvalue weighted by Crippen LogP contribution is -2.47. The fourth-order valence-electron chi connectivity index (χ4n) is 1.39. The predicted octanol–water partition coefficient (Wildman–Crippen LogP) is 1.58. The van der Waals surface area contributed by atoms with Crippen LogP contribution in [0.15, 0.2) is 12.3 Å². The van der Waals surface area contributed by atoms with E-state index in [2.05, 4.69) is 33.4 Å². The molecule has 1 unspecified atom stereocenters. The minimum atomic E-state index is -1.83. The second-order valence-corrected chi connectivity index (χ2v) is 3.88. The van der Waals surface area contributed by atoms with E-state index in [4.69, 9.17) is 9.47 Å². The van der Waals surface area contributed by atoms with E-state index in [9.17, 15) is 9.59 Å². The Labute approximate surface area is 123 Å². The molecule has 0 amide bonds. The van der Waals surface area contributed by atoms with Crippen molar-refractivity contribution < 1.29 is 33.0 Å². The second kappa shape index (κ2) is 9.62. The molecule has 0 aromatic rings. The summed E-state index contributed by atoms with van der Waals surface area (Å²) in [5.74, 6) is -1.74. The maximum absolute atomic E-state index is 12.2. The number of rotatable bonds is 10. The van der Waals surface area contributed by atoms with Crippen molar-refractivity contribution in [3.63, 3.8) is 0 Å². The molecule has 0 N–H and O–H groups in total. The third-order valence-corrected chi connectivity index (χ3v) is 2.44. The number of hydrogen-bond donors (Lipinski definition) is 1. The number of carbonyl (C=O) groups is 2. The fraction of sp³-hybridized carbons (Fsp3) is 0.667. The van der Waals surface area contributed by atoms with E-state index >= 15 is 0 Å². The number of esters is 2. The Morgan fingerprint density at radius 2 is 1.95 bits per heavy atom. The Balaban J connectivity index is 5.42. The SMILES string of the molecule is C=C(OOS)C(CC(=O)OC)(OCCC)C(=O)OCC. The van der Waals surface area contributed by atoms with Gasteiger partial charge in [-0.3, -0.25) is 4.79 Å². The lowest BCUT2D eigenvalue weighted by Gasteiger charge is -2.30. The highest BCUT2D eigenvalue weighted by Gasteiger charge is 2.49. The van der Waals surface area contributed by atoms with E-state index in [1.807, 2.05) is 6.92 Å². The van der Waals surface area contributed by atoms with Crippen LogP contribution in [0.3, 0.4) is 0 Å². The van der Waals surface area contributed by atoms with Crippen LogP contribution in [0.2, 0.25) is 0 Å². The fourth-order valence-corrected chi connectivity index (χ4v) is 1.48. The minimum absolute atomic E-state index is 0.103. The molecule has 0 aliphatic heterocycles. The van der Waals surface area contributed by atoms with E-state index in [0.717, 1.165) is 0 Å². The van der Waals surface area contributed by atoms with Gasteiger partial charge in [0.15, 0.2) is 5.76 Å². The van der Waals surface area contributed by atoms with Crippen LogP contribution in [0.1, 0.15) is 26.7 Å². The van der Waals surface area contributed by atoms with Gasteiger partial charge < -0.3 is 19.1 Å². The number of ether oxygens (including phenoxy) is 3. The van der Waals surface area contributed by atoms with E-state index in [0.29, 0.717) is 6.42 Å². The molecule has 0 spiro atoms. The molecule has 20 heavy (non-hydrogen) atoms. The van der Waals surface area contributed by atoms with Crippen molar-refractivity contribution in [2.45, 2.75) is 32.3 Å². The average Bonchev–Trinajstić information content (AvgIpc) is 2.43. The van der Waals surface area contributed by atoms with Gasteiger partial charge in [0, 0.05) is 19.5 Å². The van der Waals surface area contributed by atoms with Crippen LogP contribution in [0, 0.1) is 0 Å². The van der Waals surface area contributed by atoms with Crippen molar-refractivity contribution in [1.29, 1.82) is 0 Å². The summed E-state index contributed by atoms with van der Waals surface area (Å²) in [6.45, 7) is 7.28. The van der Waals surface area contributed by atoms with Crippen molar-refractivity contribution in [2.75, 3.05) is 20.3 Å².